The van der Waals surface area contributed by atoms with Crippen molar-refractivity contribution >= 4 is 40.2 Å². The molecule has 1 aromatic carbocycles. The molecular formula is C20H22N6OS. The molecule has 3 N–H and O–H groups in total. The summed E-state index contributed by atoms with van der Waals surface area (Å²) < 4.78 is 1.48. The maximum atomic E-state index is 13.1. The van der Waals surface area contributed by atoms with E-state index in [9.17, 15) is 10.1 Å². The topological polar surface area (TPSA) is 94.2 Å². The fourth-order valence-corrected chi connectivity index (χ4v) is 3.14. The summed E-state index contributed by atoms with van der Waals surface area (Å²) in [5, 5.41) is 13.5. The summed E-state index contributed by atoms with van der Waals surface area (Å²) in [6, 6.07) is 9.50. The van der Waals surface area contributed by atoms with Gasteiger partial charge in [0.1, 0.15) is 6.07 Å². The Hall–Kier alpha value is -3.18. The molecule has 0 amide bonds. The zero-order valence-corrected chi connectivity index (χ0v) is 16.9. The summed E-state index contributed by atoms with van der Waals surface area (Å²) in [6.07, 6.45) is 2.54. The van der Waals surface area contributed by atoms with E-state index in [1.54, 1.807) is 6.92 Å². The first-order chi connectivity index (χ1) is 13.4. The largest absolute Gasteiger partial charge is 0.361 e. The third kappa shape index (κ3) is 3.75. The molecule has 8 heteroatoms. The predicted molar refractivity (Wildman–Crippen MR) is 114 cm³/mol. The fourth-order valence-electron chi connectivity index (χ4n) is 2.98. The number of pyridine rings is 1. The number of imidazole rings is 1. The van der Waals surface area contributed by atoms with Crippen LogP contribution in [0.1, 0.15) is 31.4 Å². The molecule has 0 aliphatic heterocycles. The van der Waals surface area contributed by atoms with Gasteiger partial charge in [-0.25, -0.2) is 4.98 Å². The Balaban J connectivity index is 1.96. The van der Waals surface area contributed by atoms with Gasteiger partial charge in [0.2, 0.25) is 0 Å². The number of aromatic nitrogens is 2. The Labute approximate surface area is 168 Å². The van der Waals surface area contributed by atoms with E-state index >= 15 is 0 Å². The Morgan fingerprint density at radius 2 is 2.14 bits per heavy atom. The average Bonchev–Trinajstić information content (AvgIpc) is 3.04. The van der Waals surface area contributed by atoms with Gasteiger partial charge in [0.05, 0.1) is 21.8 Å². The zero-order valence-electron chi connectivity index (χ0n) is 16.0. The van der Waals surface area contributed by atoms with Crippen LogP contribution in [0.15, 0.2) is 29.1 Å². The fraction of sp³-hybridized carbons (Fsp3) is 0.300. The lowest BCUT2D eigenvalue weighted by Crippen LogP contribution is -2.44. The van der Waals surface area contributed by atoms with Crippen LogP contribution in [0.4, 0.5) is 0 Å². The van der Waals surface area contributed by atoms with Gasteiger partial charge in [0, 0.05) is 12.7 Å². The van der Waals surface area contributed by atoms with Gasteiger partial charge in [-0.3, -0.25) is 14.6 Å². The molecule has 0 saturated carbocycles. The van der Waals surface area contributed by atoms with Gasteiger partial charge in [0.15, 0.2) is 10.8 Å². The molecule has 0 bridgehead atoms. The Bertz CT molecular complexity index is 1190. The molecule has 0 spiro atoms. The normalized spacial score (nSPS) is 11.8. The highest BCUT2D eigenvalue weighted by atomic mass is 32.1. The van der Waals surface area contributed by atoms with Crippen LogP contribution in [0.2, 0.25) is 0 Å². The number of hydrogen-bond acceptors (Lipinski definition) is 5. The summed E-state index contributed by atoms with van der Waals surface area (Å²) in [5.74, 6) is 0.585. The summed E-state index contributed by atoms with van der Waals surface area (Å²) in [7, 11) is 0. The number of para-hydroxylation sites is 2. The molecule has 0 radical (unpaired) electrons. The van der Waals surface area contributed by atoms with Crippen molar-refractivity contribution < 1.29 is 0 Å². The van der Waals surface area contributed by atoms with Crippen molar-refractivity contribution in [2.75, 3.05) is 6.54 Å². The van der Waals surface area contributed by atoms with Gasteiger partial charge in [-0.1, -0.05) is 26.0 Å². The highest BCUT2D eigenvalue weighted by molar-refractivity contribution is 7.80. The second-order valence-electron chi connectivity index (χ2n) is 6.94. The molecule has 0 atom stereocenters. The number of rotatable bonds is 5. The van der Waals surface area contributed by atoms with E-state index in [0.717, 1.165) is 13.0 Å². The predicted octanol–water partition coefficient (Wildman–Crippen LogP) is 1.50. The van der Waals surface area contributed by atoms with Crippen LogP contribution in [0.5, 0.6) is 0 Å². The van der Waals surface area contributed by atoms with E-state index in [-0.39, 0.29) is 5.56 Å². The second kappa shape index (κ2) is 8.23. The smallest absolute Gasteiger partial charge is 0.265 e. The second-order valence-corrected chi connectivity index (χ2v) is 7.35. The van der Waals surface area contributed by atoms with Crippen LogP contribution < -0.4 is 26.9 Å². The molecule has 3 rings (SSSR count). The Morgan fingerprint density at radius 1 is 1.39 bits per heavy atom. The summed E-state index contributed by atoms with van der Waals surface area (Å²) >= 11 is 5.21. The number of hydrogen-bond donors (Lipinski definition) is 3. The lowest BCUT2D eigenvalue weighted by atomic mass is 10.1. The molecule has 28 heavy (non-hydrogen) atoms. The standard InChI is InChI=1S/C20H22N6OS/c1-12(2)8-9-22-20(28)25-23-11-15-13(3)14(10-21)18-24-16-6-4-5-7-17(16)26(18)19(15)27/h4-7,11-12,23H,8-9H2,1-3H3,(H2,22,25,28). The van der Waals surface area contributed by atoms with Crippen molar-refractivity contribution in [3.8, 4) is 6.07 Å². The van der Waals surface area contributed by atoms with Gasteiger partial charge < -0.3 is 10.7 Å². The van der Waals surface area contributed by atoms with E-state index in [2.05, 4.69) is 41.1 Å². The van der Waals surface area contributed by atoms with Crippen LogP contribution in [-0.4, -0.2) is 21.0 Å². The molecule has 0 fully saturated rings. The minimum atomic E-state index is -0.242. The highest BCUT2D eigenvalue weighted by Gasteiger charge is 2.15. The number of hydrazine groups is 1. The number of nitrogens with one attached hydrogen (secondary N) is 3. The molecule has 0 aliphatic rings. The van der Waals surface area contributed by atoms with Gasteiger partial charge in [-0.15, -0.1) is 0 Å². The van der Waals surface area contributed by atoms with E-state index in [1.165, 1.54) is 10.6 Å². The summed E-state index contributed by atoms with van der Waals surface area (Å²) in [5.41, 5.74) is 8.13. The lowest BCUT2D eigenvalue weighted by molar-refractivity contribution is 0.575. The maximum Gasteiger partial charge on any atom is 0.265 e. The van der Waals surface area contributed by atoms with E-state index < -0.39 is 0 Å². The van der Waals surface area contributed by atoms with Gasteiger partial charge >= 0.3 is 0 Å². The molecule has 144 valence electrons. The number of thiocarbonyl (C=S) groups is 1. The first-order valence-corrected chi connectivity index (χ1v) is 9.48. The molecule has 2 heterocycles. The minimum absolute atomic E-state index is 0.242. The van der Waals surface area contributed by atoms with Gasteiger partial charge in [0.25, 0.3) is 5.56 Å². The molecule has 0 saturated heterocycles. The van der Waals surface area contributed by atoms with Crippen molar-refractivity contribution in [1.82, 2.24) is 25.6 Å². The van der Waals surface area contributed by atoms with Gasteiger partial charge in [-0.05, 0) is 49.2 Å². The molecule has 2 aromatic heterocycles. The number of fused-ring (bicyclic) bond motifs is 3. The van der Waals surface area contributed by atoms with Crippen LogP contribution in [0.25, 0.3) is 22.9 Å². The zero-order chi connectivity index (χ0) is 20.3. The third-order valence-corrected chi connectivity index (χ3v) is 4.76. The number of nitrogens with zero attached hydrogens (tertiary/aromatic N) is 3. The van der Waals surface area contributed by atoms with Crippen LogP contribution in [-0.2, 0) is 0 Å². The van der Waals surface area contributed by atoms with Crippen molar-refractivity contribution in [2.24, 2.45) is 5.92 Å². The molecule has 3 aromatic rings. The minimum Gasteiger partial charge on any atom is -0.361 e. The lowest BCUT2D eigenvalue weighted by Gasteiger charge is -2.11. The Morgan fingerprint density at radius 3 is 2.86 bits per heavy atom. The van der Waals surface area contributed by atoms with Crippen molar-refractivity contribution in [2.45, 2.75) is 27.2 Å². The first kappa shape index (κ1) is 19.6. The van der Waals surface area contributed by atoms with Crippen molar-refractivity contribution in [3.05, 3.63) is 51.0 Å². The quantitative estimate of drug-likeness (QED) is 0.446. The van der Waals surface area contributed by atoms with Crippen molar-refractivity contribution in [1.29, 1.82) is 5.26 Å². The van der Waals surface area contributed by atoms with Crippen LogP contribution in [0, 0.1) is 24.2 Å². The maximum absolute atomic E-state index is 13.1. The van der Waals surface area contributed by atoms with E-state index in [1.807, 2.05) is 24.3 Å². The summed E-state index contributed by atoms with van der Waals surface area (Å²) in [6.45, 7) is 6.80. The summed E-state index contributed by atoms with van der Waals surface area (Å²) in [4.78, 5) is 17.5. The van der Waals surface area contributed by atoms with E-state index in [0.29, 0.717) is 44.1 Å². The van der Waals surface area contributed by atoms with Gasteiger partial charge in [-0.2, -0.15) is 5.26 Å². The number of benzene rings is 1. The molecule has 7 nitrogen and oxygen atoms in total. The highest BCUT2D eigenvalue weighted by Crippen LogP contribution is 2.17. The molecular weight excluding hydrogens is 372 g/mol. The van der Waals surface area contributed by atoms with Crippen molar-refractivity contribution in [3.63, 3.8) is 0 Å². The monoisotopic (exact) mass is 394 g/mol. The SMILES string of the molecule is Cc1c(C#N)c2nc3ccccc3n2c(=O)c1=CNNC(=S)NCCC(C)C. The van der Waals surface area contributed by atoms with E-state index in [4.69, 9.17) is 12.2 Å². The molecule has 0 aliphatic carbocycles. The first-order valence-electron chi connectivity index (χ1n) is 9.07. The van der Waals surface area contributed by atoms with Crippen LogP contribution >= 0.6 is 12.2 Å². The average molecular weight is 395 g/mol. The third-order valence-electron chi connectivity index (χ3n) is 4.52. The number of nitriles is 1. The Kier molecular flexibility index (Phi) is 5.76. The van der Waals surface area contributed by atoms with Crippen LogP contribution in [0.3, 0.4) is 0 Å². The molecule has 0 unspecified atom stereocenters.